The van der Waals surface area contributed by atoms with Gasteiger partial charge in [-0.2, -0.15) is 0 Å². The van der Waals surface area contributed by atoms with Crippen LogP contribution in [0.1, 0.15) is 19.3 Å². The average Bonchev–Trinajstić information content (AvgIpc) is 2.76. The smallest absolute Gasteiger partial charge is 0.328 e. The molecule has 2 aliphatic heterocycles. The molecule has 15 heavy (non-hydrogen) atoms. The van der Waals surface area contributed by atoms with Crippen LogP contribution in [0.25, 0.3) is 0 Å². The number of carboxylic acid groups (broad SMARTS) is 1. The Morgan fingerprint density at radius 1 is 1.33 bits per heavy atom. The lowest BCUT2D eigenvalue weighted by Crippen LogP contribution is -2.40. The van der Waals surface area contributed by atoms with Gasteiger partial charge in [-0.15, -0.1) is 0 Å². The van der Waals surface area contributed by atoms with Gasteiger partial charge in [0.2, 0.25) is 5.91 Å². The molecule has 2 rings (SSSR count). The van der Waals surface area contributed by atoms with Crippen molar-refractivity contribution >= 4 is 11.9 Å². The number of rotatable bonds is 3. The Bertz CT molecular complexity index is 313. The van der Waals surface area contributed by atoms with Gasteiger partial charge in [-0.05, 0) is 19.3 Å². The highest BCUT2D eigenvalue weighted by Crippen LogP contribution is 2.34. The number of hydrogen-bond donors (Lipinski definition) is 2. The van der Waals surface area contributed by atoms with Gasteiger partial charge in [0.05, 0.1) is 18.2 Å². The Morgan fingerprint density at radius 2 is 2.13 bits per heavy atom. The van der Waals surface area contributed by atoms with E-state index >= 15 is 0 Å². The minimum Gasteiger partial charge on any atom is -0.478 e. The van der Waals surface area contributed by atoms with Gasteiger partial charge in [0.15, 0.2) is 0 Å². The highest BCUT2D eigenvalue weighted by Gasteiger charge is 2.41. The van der Waals surface area contributed by atoms with E-state index in [0.29, 0.717) is 0 Å². The Labute approximate surface area is 87.1 Å². The number of fused-ring (bicyclic) bond motifs is 2. The zero-order valence-corrected chi connectivity index (χ0v) is 8.18. The third-order valence-corrected chi connectivity index (χ3v) is 2.81. The second-order valence-corrected chi connectivity index (χ2v) is 3.90. The molecule has 2 aliphatic rings. The summed E-state index contributed by atoms with van der Waals surface area (Å²) >= 11 is 0. The first-order chi connectivity index (χ1) is 7.15. The van der Waals surface area contributed by atoms with Crippen LogP contribution in [0.4, 0.5) is 0 Å². The summed E-state index contributed by atoms with van der Waals surface area (Å²) in [4.78, 5) is 21.4. The number of ether oxygens (including phenoxy) is 1. The van der Waals surface area contributed by atoms with E-state index in [1.54, 1.807) is 0 Å². The standard InChI is InChI=1S/C10H13NO4/c12-9(3-4-10(13)14)11-7-5-6-1-2-8(7)15-6/h3-4,6-8H,1-2,5H2,(H,11,12)(H,13,14)/b4-3+. The van der Waals surface area contributed by atoms with Crippen molar-refractivity contribution in [2.45, 2.75) is 37.5 Å². The highest BCUT2D eigenvalue weighted by molar-refractivity contribution is 5.94. The fraction of sp³-hybridized carbons (Fsp3) is 0.600. The predicted molar refractivity (Wildman–Crippen MR) is 51.2 cm³/mol. The summed E-state index contributed by atoms with van der Waals surface area (Å²) in [7, 11) is 0. The third-order valence-electron chi connectivity index (χ3n) is 2.81. The molecule has 5 heteroatoms. The normalized spacial score (nSPS) is 33.5. The molecule has 1 amide bonds. The minimum atomic E-state index is -1.12. The van der Waals surface area contributed by atoms with Crippen molar-refractivity contribution in [2.24, 2.45) is 0 Å². The van der Waals surface area contributed by atoms with Gasteiger partial charge < -0.3 is 15.2 Å². The molecule has 5 nitrogen and oxygen atoms in total. The molecular formula is C10H13NO4. The first-order valence-electron chi connectivity index (χ1n) is 5.02. The topological polar surface area (TPSA) is 75.6 Å². The van der Waals surface area contributed by atoms with Gasteiger partial charge in [0.1, 0.15) is 0 Å². The van der Waals surface area contributed by atoms with Gasteiger partial charge >= 0.3 is 5.97 Å². The molecule has 2 saturated heterocycles. The van der Waals surface area contributed by atoms with Crippen LogP contribution >= 0.6 is 0 Å². The highest BCUT2D eigenvalue weighted by atomic mass is 16.5. The molecule has 0 radical (unpaired) electrons. The van der Waals surface area contributed by atoms with E-state index in [2.05, 4.69) is 5.32 Å². The van der Waals surface area contributed by atoms with Gasteiger partial charge in [0.25, 0.3) is 0 Å². The molecule has 2 bridgehead atoms. The first kappa shape index (κ1) is 10.2. The SMILES string of the molecule is O=C(O)/C=C/C(=O)NC1CC2CCC1O2. The van der Waals surface area contributed by atoms with E-state index in [0.717, 1.165) is 31.4 Å². The van der Waals surface area contributed by atoms with Crippen LogP contribution in [-0.4, -0.2) is 35.2 Å². The predicted octanol–water partition coefficient (Wildman–Crippen LogP) is 0.0633. The van der Waals surface area contributed by atoms with E-state index in [9.17, 15) is 9.59 Å². The maximum Gasteiger partial charge on any atom is 0.328 e. The zero-order chi connectivity index (χ0) is 10.8. The van der Waals surface area contributed by atoms with Crippen molar-refractivity contribution < 1.29 is 19.4 Å². The van der Waals surface area contributed by atoms with Crippen LogP contribution < -0.4 is 5.32 Å². The molecule has 0 aliphatic carbocycles. The van der Waals surface area contributed by atoms with Crippen LogP contribution in [-0.2, 0) is 14.3 Å². The second-order valence-electron chi connectivity index (χ2n) is 3.90. The molecule has 0 aromatic carbocycles. The summed E-state index contributed by atoms with van der Waals surface area (Å²) in [5, 5.41) is 11.1. The maximum atomic E-state index is 11.3. The van der Waals surface area contributed by atoms with Crippen molar-refractivity contribution in [3.63, 3.8) is 0 Å². The molecule has 3 unspecified atom stereocenters. The molecule has 0 spiro atoms. The molecule has 0 aromatic heterocycles. The lowest BCUT2D eigenvalue weighted by molar-refractivity contribution is -0.131. The maximum absolute atomic E-state index is 11.3. The van der Waals surface area contributed by atoms with Crippen molar-refractivity contribution in [1.29, 1.82) is 0 Å². The molecule has 0 saturated carbocycles. The van der Waals surface area contributed by atoms with Crippen LogP contribution in [0.5, 0.6) is 0 Å². The van der Waals surface area contributed by atoms with E-state index in [-0.39, 0.29) is 24.2 Å². The lowest BCUT2D eigenvalue weighted by atomic mass is 9.95. The number of carbonyl (C=O) groups excluding carboxylic acids is 1. The number of nitrogens with one attached hydrogen (secondary N) is 1. The second kappa shape index (κ2) is 4.02. The van der Waals surface area contributed by atoms with Crippen LogP contribution in [0.15, 0.2) is 12.2 Å². The molecule has 2 N–H and O–H groups in total. The number of carbonyl (C=O) groups is 2. The number of aliphatic carboxylic acids is 1. The summed E-state index contributed by atoms with van der Waals surface area (Å²) < 4.78 is 5.56. The zero-order valence-electron chi connectivity index (χ0n) is 8.18. The summed E-state index contributed by atoms with van der Waals surface area (Å²) in [6, 6.07) is 0.0506. The minimum absolute atomic E-state index is 0.0506. The number of hydrogen-bond acceptors (Lipinski definition) is 3. The summed E-state index contributed by atoms with van der Waals surface area (Å²) in [6.07, 6.45) is 5.18. The Morgan fingerprint density at radius 3 is 2.67 bits per heavy atom. The summed E-state index contributed by atoms with van der Waals surface area (Å²) in [6.45, 7) is 0. The van der Waals surface area contributed by atoms with Crippen molar-refractivity contribution in [3.8, 4) is 0 Å². The van der Waals surface area contributed by atoms with Crippen LogP contribution in [0, 0.1) is 0 Å². The monoisotopic (exact) mass is 211 g/mol. The van der Waals surface area contributed by atoms with Gasteiger partial charge in [0, 0.05) is 12.2 Å². The summed E-state index contributed by atoms with van der Waals surface area (Å²) in [5.41, 5.74) is 0. The average molecular weight is 211 g/mol. The van der Waals surface area contributed by atoms with Crippen molar-refractivity contribution in [1.82, 2.24) is 5.32 Å². The van der Waals surface area contributed by atoms with E-state index in [4.69, 9.17) is 9.84 Å². The quantitative estimate of drug-likeness (QED) is 0.647. The van der Waals surface area contributed by atoms with E-state index in [1.807, 2.05) is 0 Å². The first-order valence-corrected chi connectivity index (χ1v) is 5.02. The molecule has 3 atom stereocenters. The third kappa shape index (κ3) is 2.36. The molecule has 82 valence electrons. The van der Waals surface area contributed by atoms with Gasteiger partial charge in [-0.25, -0.2) is 4.79 Å². The lowest BCUT2D eigenvalue weighted by Gasteiger charge is -2.18. The molecule has 0 aromatic rings. The summed E-state index contributed by atoms with van der Waals surface area (Å²) in [5.74, 6) is -1.48. The van der Waals surface area contributed by atoms with Crippen LogP contribution in [0.2, 0.25) is 0 Å². The van der Waals surface area contributed by atoms with E-state index in [1.165, 1.54) is 0 Å². The Hall–Kier alpha value is -1.36. The molecule has 2 heterocycles. The Kier molecular flexibility index (Phi) is 2.73. The van der Waals surface area contributed by atoms with Gasteiger partial charge in [-0.1, -0.05) is 0 Å². The Balaban J connectivity index is 1.82. The molecule has 2 fully saturated rings. The number of amides is 1. The largest absolute Gasteiger partial charge is 0.478 e. The molecular weight excluding hydrogens is 198 g/mol. The van der Waals surface area contributed by atoms with Crippen LogP contribution in [0.3, 0.4) is 0 Å². The van der Waals surface area contributed by atoms with Crippen molar-refractivity contribution in [3.05, 3.63) is 12.2 Å². The fourth-order valence-corrected chi connectivity index (χ4v) is 2.17. The van der Waals surface area contributed by atoms with Crippen molar-refractivity contribution in [2.75, 3.05) is 0 Å². The number of carboxylic acids is 1. The fourth-order valence-electron chi connectivity index (χ4n) is 2.17. The van der Waals surface area contributed by atoms with Gasteiger partial charge in [-0.3, -0.25) is 4.79 Å². The van der Waals surface area contributed by atoms with E-state index < -0.39 is 5.97 Å².